The number of benzene rings is 1. The highest BCUT2D eigenvalue weighted by Gasteiger charge is 2.34. The number of alkyl halides is 3. The summed E-state index contributed by atoms with van der Waals surface area (Å²) in [5.74, 6) is -0.981. The molecule has 0 bridgehead atoms. The second-order valence-electron chi connectivity index (χ2n) is 4.99. The lowest BCUT2D eigenvalue weighted by Gasteiger charge is -2.13. The van der Waals surface area contributed by atoms with Crippen molar-refractivity contribution in [2.24, 2.45) is 0 Å². The third-order valence-electron chi connectivity index (χ3n) is 2.90. The van der Waals surface area contributed by atoms with Crippen LogP contribution in [0.2, 0.25) is 0 Å². The Morgan fingerprint density at radius 1 is 1.09 bits per heavy atom. The number of sulfonamides is 1. The monoisotopic (exact) mass is 345 g/mol. The van der Waals surface area contributed by atoms with Crippen LogP contribution in [0.15, 0.2) is 30.3 Å². The predicted molar refractivity (Wildman–Crippen MR) is 79.2 cm³/mol. The first-order valence-electron chi connectivity index (χ1n) is 6.55. The molecule has 0 aliphatic heterocycles. The molecule has 0 unspecified atom stereocenters. The zero-order valence-electron chi connectivity index (χ0n) is 12.3. The van der Waals surface area contributed by atoms with E-state index >= 15 is 0 Å². The molecule has 2 aromatic rings. The van der Waals surface area contributed by atoms with Crippen LogP contribution >= 0.6 is 0 Å². The summed E-state index contributed by atoms with van der Waals surface area (Å²) in [6, 6.07) is 6.19. The summed E-state index contributed by atoms with van der Waals surface area (Å²) in [5.41, 5.74) is -0.222. The summed E-state index contributed by atoms with van der Waals surface area (Å²) < 4.78 is 65.1. The number of aromatic nitrogens is 2. The highest BCUT2D eigenvalue weighted by Crippen LogP contribution is 2.32. The summed E-state index contributed by atoms with van der Waals surface area (Å²) in [6.07, 6.45) is -4.62. The largest absolute Gasteiger partial charge is 0.416 e. The van der Waals surface area contributed by atoms with Gasteiger partial charge in [-0.25, -0.2) is 18.4 Å². The molecule has 0 saturated heterocycles. The Morgan fingerprint density at radius 3 is 2.22 bits per heavy atom. The Morgan fingerprint density at radius 2 is 1.65 bits per heavy atom. The van der Waals surface area contributed by atoms with Crippen LogP contribution in [0.1, 0.15) is 22.5 Å². The molecule has 1 aromatic heterocycles. The van der Waals surface area contributed by atoms with E-state index in [1.807, 2.05) is 0 Å². The molecule has 124 valence electrons. The van der Waals surface area contributed by atoms with E-state index < -0.39 is 27.5 Å². The summed E-state index contributed by atoms with van der Waals surface area (Å²) >= 11 is 0. The molecule has 2 rings (SSSR count). The van der Waals surface area contributed by atoms with E-state index in [4.69, 9.17) is 0 Å². The van der Waals surface area contributed by atoms with Crippen LogP contribution in [0.3, 0.4) is 0 Å². The van der Waals surface area contributed by atoms with E-state index in [0.29, 0.717) is 11.4 Å². The van der Waals surface area contributed by atoms with Gasteiger partial charge in [0.25, 0.3) is 0 Å². The van der Waals surface area contributed by atoms with Gasteiger partial charge in [-0.15, -0.1) is 0 Å². The molecule has 23 heavy (non-hydrogen) atoms. The lowest BCUT2D eigenvalue weighted by molar-refractivity contribution is -0.138. The summed E-state index contributed by atoms with van der Waals surface area (Å²) in [4.78, 5) is 7.82. The topological polar surface area (TPSA) is 72.0 Å². The molecule has 0 radical (unpaired) electrons. The fourth-order valence-electron chi connectivity index (χ4n) is 2.07. The summed E-state index contributed by atoms with van der Waals surface area (Å²) in [6.45, 7) is 3.32. The van der Waals surface area contributed by atoms with E-state index in [1.54, 1.807) is 19.9 Å². The maximum absolute atomic E-state index is 12.9. The van der Waals surface area contributed by atoms with Crippen molar-refractivity contribution in [1.29, 1.82) is 0 Å². The average Bonchev–Trinajstić information content (AvgIpc) is 2.35. The van der Waals surface area contributed by atoms with E-state index in [1.165, 1.54) is 12.1 Å². The van der Waals surface area contributed by atoms with E-state index in [-0.39, 0.29) is 11.5 Å². The molecule has 0 atom stereocenters. The Kier molecular flexibility index (Phi) is 4.60. The van der Waals surface area contributed by atoms with Gasteiger partial charge in [-0.1, -0.05) is 18.2 Å². The van der Waals surface area contributed by atoms with E-state index in [9.17, 15) is 21.6 Å². The maximum atomic E-state index is 12.9. The second kappa shape index (κ2) is 6.15. The number of anilines is 1. The van der Waals surface area contributed by atoms with E-state index in [2.05, 4.69) is 14.7 Å². The van der Waals surface area contributed by atoms with Crippen molar-refractivity contribution in [3.8, 4) is 0 Å². The van der Waals surface area contributed by atoms with Crippen LogP contribution in [0.5, 0.6) is 0 Å². The van der Waals surface area contributed by atoms with Crippen LogP contribution in [-0.2, 0) is 22.0 Å². The van der Waals surface area contributed by atoms with Crippen LogP contribution in [0, 0.1) is 13.8 Å². The fourth-order valence-corrected chi connectivity index (χ4v) is 3.18. The summed E-state index contributed by atoms with van der Waals surface area (Å²) in [7, 11) is -4.08. The van der Waals surface area contributed by atoms with Crippen LogP contribution in [0.25, 0.3) is 0 Å². The molecule has 0 aliphatic carbocycles. The van der Waals surface area contributed by atoms with Gasteiger partial charge in [0.2, 0.25) is 16.0 Å². The average molecular weight is 345 g/mol. The van der Waals surface area contributed by atoms with Gasteiger partial charge in [0.15, 0.2) is 0 Å². The summed E-state index contributed by atoms with van der Waals surface area (Å²) in [5, 5.41) is 0. The third kappa shape index (κ3) is 4.65. The third-order valence-corrected chi connectivity index (χ3v) is 4.08. The van der Waals surface area contributed by atoms with Crippen molar-refractivity contribution < 1.29 is 21.6 Å². The van der Waals surface area contributed by atoms with Crippen LogP contribution in [0.4, 0.5) is 19.1 Å². The van der Waals surface area contributed by atoms with Crippen LogP contribution in [-0.4, -0.2) is 18.4 Å². The molecule has 0 amide bonds. The SMILES string of the molecule is Cc1cc(C)nc(NS(=O)(=O)Cc2ccccc2C(F)(F)F)n1. The first kappa shape index (κ1) is 17.2. The number of aryl methyl sites for hydroxylation is 2. The van der Waals surface area contributed by atoms with Gasteiger partial charge in [-0.05, 0) is 31.5 Å². The lowest BCUT2D eigenvalue weighted by Crippen LogP contribution is -2.19. The van der Waals surface area contributed by atoms with Crippen molar-refractivity contribution in [2.45, 2.75) is 25.8 Å². The van der Waals surface area contributed by atoms with Crippen molar-refractivity contribution in [3.05, 3.63) is 52.8 Å². The highest BCUT2D eigenvalue weighted by molar-refractivity contribution is 7.91. The minimum absolute atomic E-state index is 0.160. The molecule has 9 heteroatoms. The molecule has 1 heterocycles. The zero-order chi connectivity index (χ0) is 17.3. The van der Waals surface area contributed by atoms with Gasteiger partial charge in [0, 0.05) is 11.4 Å². The number of hydrogen-bond acceptors (Lipinski definition) is 4. The zero-order valence-corrected chi connectivity index (χ0v) is 13.2. The highest BCUT2D eigenvalue weighted by atomic mass is 32.2. The Bertz CT molecular complexity index is 800. The molecule has 0 aliphatic rings. The van der Waals surface area contributed by atoms with Gasteiger partial charge in [0.05, 0.1) is 11.3 Å². The number of hydrogen-bond donors (Lipinski definition) is 1. The Hall–Kier alpha value is -2.16. The molecule has 1 aromatic carbocycles. The molecule has 0 spiro atoms. The van der Waals surface area contributed by atoms with Crippen molar-refractivity contribution >= 4 is 16.0 Å². The molecule has 5 nitrogen and oxygen atoms in total. The standard InChI is InChI=1S/C14H14F3N3O2S/c1-9-7-10(2)19-13(18-9)20-23(21,22)8-11-5-3-4-6-12(11)14(15,16)17/h3-7H,8H2,1-2H3,(H,18,19,20). The minimum atomic E-state index is -4.62. The molecule has 0 fully saturated rings. The molecular formula is C14H14F3N3O2S. The fraction of sp³-hybridized carbons (Fsp3) is 0.286. The second-order valence-corrected chi connectivity index (χ2v) is 6.71. The predicted octanol–water partition coefficient (Wildman–Crippen LogP) is 3.05. The molecular weight excluding hydrogens is 331 g/mol. The van der Waals surface area contributed by atoms with Gasteiger partial charge in [-0.2, -0.15) is 13.2 Å². The number of rotatable bonds is 4. The molecule has 1 N–H and O–H groups in total. The normalized spacial score (nSPS) is 12.2. The van der Waals surface area contributed by atoms with Crippen molar-refractivity contribution in [2.75, 3.05) is 4.72 Å². The van der Waals surface area contributed by atoms with Gasteiger partial charge in [0.1, 0.15) is 0 Å². The number of nitrogens with zero attached hydrogens (tertiary/aromatic N) is 2. The van der Waals surface area contributed by atoms with Crippen molar-refractivity contribution in [1.82, 2.24) is 9.97 Å². The number of nitrogens with one attached hydrogen (secondary N) is 1. The van der Waals surface area contributed by atoms with Crippen LogP contribution < -0.4 is 4.72 Å². The van der Waals surface area contributed by atoms with E-state index in [0.717, 1.165) is 12.1 Å². The Labute approximate surface area is 131 Å². The minimum Gasteiger partial charge on any atom is -0.251 e. The quantitative estimate of drug-likeness (QED) is 0.924. The smallest absolute Gasteiger partial charge is 0.251 e. The van der Waals surface area contributed by atoms with Crippen molar-refractivity contribution in [3.63, 3.8) is 0 Å². The maximum Gasteiger partial charge on any atom is 0.416 e. The lowest BCUT2D eigenvalue weighted by atomic mass is 10.1. The Balaban J connectivity index is 2.29. The van der Waals surface area contributed by atoms with Gasteiger partial charge >= 0.3 is 6.18 Å². The number of halogens is 3. The first-order valence-corrected chi connectivity index (χ1v) is 8.20. The van der Waals surface area contributed by atoms with Gasteiger partial charge < -0.3 is 0 Å². The molecule has 0 saturated carbocycles. The van der Waals surface area contributed by atoms with Gasteiger partial charge in [-0.3, -0.25) is 4.72 Å². The first-order chi connectivity index (χ1) is 10.6.